The molecule has 1 amide bonds. The van der Waals surface area contributed by atoms with E-state index in [1.54, 1.807) is 6.07 Å². The molecular weight excluding hydrogens is 340 g/mol. The van der Waals surface area contributed by atoms with E-state index in [-0.39, 0.29) is 24.4 Å². The molecule has 0 radical (unpaired) electrons. The molecule has 2 N–H and O–H groups in total. The number of benzene rings is 1. The number of nitrogens with zero attached hydrogens (tertiary/aromatic N) is 2. The lowest BCUT2D eigenvalue weighted by atomic mass is 10.1. The Morgan fingerprint density at radius 1 is 1.32 bits per heavy atom. The number of halogens is 1. The maximum Gasteiger partial charge on any atom is 0.276 e. The molecule has 136 valence electrons. The zero-order valence-electron chi connectivity index (χ0n) is 14.6. The van der Waals surface area contributed by atoms with Crippen molar-refractivity contribution in [1.29, 1.82) is 0 Å². The fourth-order valence-electron chi connectivity index (χ4n) is 2.81. The summed E-state index contributed by atoms with van der Waals surface area (Å²) in [6.07, 6.45) is 4.24. The normalized spacial score (nSPS) is 17.0. The van der Waals surface area contributed by atoms with Gasteiger partial charge in [-0.3, -0.25) is 9.48 Å². The Labute approximate surface area is 154 Å². The van der Waals surface area contributed by atoms with E-state index < -0.39 is 0 Å². The highest BCUT2D eigenvalue weighted by molar-refractivity contribution is 6.02. The topological polar surface area (TPSA) is 68.2 Å². The fraction of sp³-hybridized carbons (Fsp3) is 0.444. The van der Waals surface area contributed by atoms with Crippen LogP contribution < -0.4 is 15.4 Å². The Morgan fingerprint density at radius 2 is 2.08 bits per heavy atom. The van der Waals surface area contributed by atoms with Gasteiger partial charge in [-0.25, -0.2) is 0 Å². The predicted molar refractivity (Wildman–Crippen MR) is 101 cm³/mol. The molecule has 0 saturated carbocycles. The molecule has 1 saturated heterocycles. The number of nitrogens with one attached hydrogen (secondary N) is 2. The second kappa shape index (κ2) is 8.87. The van der Waals surface area contributed by atoms with Crippen LogP contribution in [0, 0.1) is 0 Å². The molecule has 1 aliphatic rings. The number of piperidine rings is 1. The summed E-state index contributed by atoms with van der Waals surface area (Å²) < 4.78 is 7.48. The first-order valence-electron chi connectivity index (χ1n) is 8.46. The fourth-order valence-corrected chi connectivity index (χ4v) is 2.81. The maximum absolute atomic E-state index is 12.3. The highest BCUT2D eigenvalue weighted by Gasteiger charge is 2.17. The minimum Gasteiger partial charge on any atom is -0.491 e. The lowest BCUT2D eigenvalue weighted by Gasteiger charge is -2.22. The molecule has 0 aliphatic carbocycles. The predicted octanol–water partition coefficient (Wildman–Crippen LogP) is 3.27. The summed E-state index contributed by atoms with van der Waals surface area (Å²) in [7, 11) is 0. The Morgan fingerprint density at radius 3 is 2.72 bits per heavy atom. The van der Waals surface area contributed by atoms with Crippen LogP contribution in [-0.4, -0.2) is 34.9 Å². The molecule has 1 aromatic carbocycles. The summed E-state index contributed by atoms with van der Waals surface area (Å²) in [6, 6.07) is 9.45. The second-order valence-corrected chi connectivity index (χ2v) is 6.33. The first-order chi connectivity index (χ1) is 11.6. The average Bonchev–Trinajstić information content (AvgIpc) is 3.07. The van der Waals surface area contributed by atoms with E-state index in [1.807, 2.05) is 49.0 Å². The van der Waals surface area contributed by atoms with Crippen molar-refractivity contribution >= 4 is 24.0 Å². The van der Waals surface area contributed by atoms with Crippen molar-refractivity contribution in [2.24, 2.45) is 0 Å². The Hall–Kier alpha value is -2.05. The highest BCUT2D eigenvalue weighted by Crippen LogP contribution is 2.18. The molecule has 1 fully saturated rings. The third-order valence-corrected chi connectivity index (χ3v) is 3.97. The van der Waals surface area contributed by atoms with Crippen LogP contribution in [0.15, 0.2) is 36.5 Å². The van der Waals surface area contributed by atoms with Gasteiger partial charge in [-0.05, 0) is 63.6 Å². The van der Waals surface area contributed by atoms with E-state index in [2.05, 4.69) is 15.7 Å². The lowest BCUT2D eigenvalue weighted by Crippen LogP contribution is -2.32. The largest absolute Gasteiger partial charge is 0.491 e. The average molecular weight is 365 g/mol. The molecule has 1 atom stereocenters. The van der Waals surface area contributed by atoms with Crippen molar-refractivity contribution < 1.29 is 9.53 Å². The first kappa shape index (κ1) is 19.3. The van der Waals surface area contributed by atoms with E-state index in [0.717, 1.165) is 37.4 Å². The van der Waals surface area contributed by atoms with Gasteiger partial charge in [-0.2, -0.15) is 5.10 Å². The molecule has 0 bridgehead atoms. The van der Waals surface area contributed by atoms with Crippen LogP contribution >= 0.6 is 12.4 Å². The van der Waals surface area contributed by atoms with Crippen LogP contribution in [-0.2, 0) is 0 Å². The van der Waals surface area contributed by atoms with Crippen molar-refractivity contribution in [3.05, 3.63) is 42.2 Å². The van der Waals surface area contributed by atoms with Gasteiger partial charge in [0.2, 0.25) is 0 Å². The monoisotopic (exact) mass is 364 g/mol. The van der Waals surface area contributed by atoms with Gasteiger partial charge in [0.05, 0.1) is 12.1 Å². The SMILES string of the molecule is CC(C)Oc1ccc(NC(=O)c2ccn(C3CCCNC3)n2)cc1.Cl. The molecule has 2 heterocycles. The van der Waals surface area contributed by atoms with Crippen LogP contribution in [0.4, 0.5) is 5.69 Å². The molecule has 0 spiro atoms. The van der Waals surface area contributed by atoms with Gasteiger partial charge in [-0.15, -0.1) is 12.4 Å². The van der Waals surface area contributed by atoms with Gasteiger partial charge in [0, 0.05) is 18.4 Å². The van der Waals surface area contributed by atoms with Gasteiger partial charge in [0.1, 0.15) is 5.75 Å². The molecule has 1 aromatic heterocycles. The van der Waals surface area contributed by atoms with Gasteiger partial charge in [-0.1, -0.05) is 0 Å². The Kier molecular flexibility index (Phi) is 6.84. The quantitative estimate of drug-likeness (QED) is 0.854. The van der Waals surface area contributed by atoms with Gasteiger partial charge in [0.15, 0.2) is 5.69 Å². The summed E-state index contributed by atoms with van der Waals surface area (Å²) in [6.45, 7) is 5.92. The zero-order chi connectivity index (χ0) is 16.9. The summed E-state index contributed by atoms with van der Waals surface area (Å²) in [5, 5.41) is 10.7. The number of ether oxygens (including phenoxy) is 1. The van der Waals surface area contributed by atoms with Gasteiger partial charge >= 0.3 is 0 Å². The van der Waals surface area contributed by atoms with Crippen molar-refractivity contribution in [3.8, 4) is 5.75 Å². The van der Waals surface area contributed by atoms with Crippen molar-refractivity contribution in [2.45, 2.75) is 38.8 Å². The smallest absolute Gasteiger partial charge is 0.276 e. The number of rotatable bonds is 5. The number of anilines is 1. The standard InChI is InChI=1S/C18H24N4O2.ClH/c1-13(2)24-16-7-5-14(6-8-16)20-18(23)17-9-11-22(21-17)15-4-3-10-19-12-15;/h5-9,11,13,15,19H,3-4,10,12H2,1-2H3,(H,20,23);1H. The molecular formula is C18H25ClN4O2. The third kappa shape index (κ3) is 5.21. The first-order valence-corrected chi connectivity index (χ1v) is 8.46. The number of amides is 1. The summed E-state index contributed by atoms with van der Waals surface area (Å²) in [5.74, 6) is 0.590. The van der Waals surface area contributed by atoms with Crippen LogP contribution in [0.2, 0.25) is 0 Å². The molecule has 1 unspecified atom stereocenters. The van der Waals surface area contributed by atoms with Crippen molar-refractivity contribution in [3.63, 3.8) is 0 Å². The third-order valence-electron chi connectivity index (χ3n) is 3.97. The second-order valence-electron chi connectivity index (χ2n) is 6.33. The van der Waals surface area contributed by atoms with Crippen molar-refractivity contribution in [1.82, 2.24) is 15.1 Å². The number of hydrogen-bond donors (Lipinski definition) is 2. The summed E-state index contributed by atoms with van der Waals surface area (Å²) >= 11 is 0. The molecule has 7 heteroatoms. The molecule has 25 heavy (non-hydrogen) atoms. The minimum absolute atomic E-state index is 0. The Bertz CT molecular complexity index is 679. The summed E-state index contributed by atoms with van der Waals surface area (Å²) in [5.41, 5.74) is 1.16. The number of hydrogen-bond acceptors (Lipinski definition) is 4. The van der Waals surface area contributed by atoms with E-state index in [1.165, 1.54) is 0 Å². The van der Waals surface area contributed by atoms with Crippen LogP contribution in [0.3, 0.4) is 0 Å². The molecule has 2 aromatic rings. The van der Waals surface area contributed by atoms with Gasteiger partial charge in [0.25, 0.3) is 5.91 Å². The Balaban J connectivity index is 0.00000225. The summed E-state index contributed by atoms with van der Waals surface area (Å²) in [4.78, 5) is 12.3. The molecule has 6 nitrogen and oxygen atoms in total. The number of carbonyl (C=O) groups excluding carboxylic acids is 1. The van der Waals surface area contributed by atoms with Gasteiger partial charge < -0.3 is 15.4 Å². The maximum atomic E-state index is 12.3. The molecule has 3 rings (SSSR count). The highest BCUT2D eigenvalue weighted by atomic mass is 35.5. The lowest BCUT2D eigenvalue weighted by molar-refractivity contribution is 0.102. The number of carbonyl (C=O) groups is 1. The molecule has 1 aliphatic heterocycles. The van der Waals surface area contributed by atoms with Crippen LogP contribution in [0.25, 0.3) is 0 Å². The minimum atomic E-state index is -0.199. The van der Waals surface area contributed by atoms with Crippen LogP contribution in [0.5, 0.6) is 5.75 Å². The van der Waals surface area contributed by atoms with Crippen molar-refractivity contribution in [2.75, 3.05) is 18.4 Å². The van der Waals surface area contributed by atoms with E-state index in [4.69, 9.17) is 4.74 Å². The van der Waals surface area contributed by atoms with E-state index in [0.29, 0.717) is 11.7 Å². The van der Waals surface area contributed by atoms with E-state index >= 15 is 0 Å². The number of aromatic nitrogens is 2. The van der Waals surface area contributed by atoms with E-state index in [9.17, 15) is 4.79 Å². The van der Waals surface area contributed by atoms with Crippen LogP contribution in [0.1, 0.15) is 43.2 Å². The zero-order valence-corrected chi connectivity index (χ0v) is 15.4.